The minimum absolute atomic E-state index is 0.00722. The lowest BCUT2D eigenvalue weighted by atomic mass is 10.3. The number of aliphatic hydroxyl groups excluding tert-OH is 1. The highest BCUT2D eigenvalue weighted by molar-refractivity contribution is 4.51. The van der Waals surface area contributed by atoms with Crippen molar-refractivity contribution in [1.29, 1.82) is 0 Å². The monoisotopic (exact) mass is 178 g/mol. The highest BCUT2D eigenvalue weighted by atomic mass is 16.7. The Morgan fingerprint density at radius 1 is 1.25 bits per heavy atom. The number of aliphatic hydroxyl groups is 1. The predicted molar refractivity (Wildman–Crippen MR) is 44.7 cm³/mol. The number of hydrogen-bond acceptors (Lipinski definition) is 4. The first-order valence-electron chi connectivity index (χ1n) is 4.04. The summed E-state index contributed by atoms with van der Waals surface area (Å²) in [6.07, 6.45) is -0.876. The molecule has 0 aliphatic heterocycles. The fraction of sp³-hybridized carbons (Fsp3) is 1.00. The van der Waals surface area contributed by atoms with E-state index in [9.17, 15) is 5.11 Å². The molecule has 0 aromatic carbocycles. The van der Waals surface area contributed by atoms with Crippen LogP contribution in [0.2, 0.25) is 0 Å². The van der Waals surface area contributed by atoms with Gasteiger partial charge in [-0.15, -0.1) is 0 Å². The van der Waals surface area contributed by atoms with E-state index in [2.05, 4.69) is 0 Å². The van der Waals surface area contributed by atoms with Gasteiger partial charge in [0.25, 0.3) is 0 Å². The first kappa shape index (κ1) is 11.8. The molecule has 0 aromatic heterocycles. The van der Waals surface area contributed by atoms with Crippen molar-refractivity contribution in [2.45, 2.75) is 39.0 Å². The average Bonchev–Trinajstić information content (AvgIpc) is 2.06. The number of methoxy groups -OCH3 is 2. The zero-order chi connectivity index (χ0) is 9.56. The Bertz CT molecular complexity index is 103. The van der Waals surface area contributed by atoms with Crippen LogP contribution in [0.3, 0.4) is 0 Å². The summed E-state index contributed by atoms with van der Waals surface area (Å²) in [5.74, 6) is 0. The van der Waals surface area contributed by atoms with Crippen LogP contribution in [0.4, 0.5) is 0 Å². The minimum atomic E-state index is -1.02. The molecule has 2 atom stereocenters. The van der Waals surface area contributed by atoms with Crippen molar-refractivity contribution in [1.82, 2.24) is 0 Å². The van der Waals surface area contributed by atoms with Gasteiger partial charge in [0, 0.05) is 14.2 Å². The second kappa shape index (κ2) is 6.37. The van der Waals surface area contributed by atoms with Crippen LogP contribution in [-0.4, -0.2) is 38.0 Å². The smallest absolute Gasteiger partial charge is 0.208 e. The van der Waals surface area contributed by atoms with Crippen LogP contribution in [-0.2, 0) is 14.2 Å². The van der Waals surface area contributed by atoms with E-state index in [1.165, 1.54) is 14.2 Å². The summed E-state index contributed by atoms with van der Waals surface area (Å²) < 4.78 is 14.8. The highest BCUT2D eigenvalue weighted by Gasteiger charge is 2.20. The Morgan fingerprint density at radius 2 is 1.75 bits per heavy atom. The third kappa shape index (κ3) is 4.01. The molecule has 74 valence electrons. The van der Waals surface area contributed by atoms with E-state index in [4.69, 9.17) is 14.2 Å². The molecule has 2 unspecified atom stereocenters. The molecule has 4 nitrogen and oxygen atoms in total. The summed E-state index contributed by atoms with van der Waals surface area (Å²) in [4.78, 5) is 0. The van der Waals surface area contributed by atoms with E-state index in [-0.39, 0.29) is 6.10 Å². The molecule has 0 aromatic rings. The highest BCUT2D eigenvalue weighted by Crippen LogP contribution is 2.06. The molecule has 0 rings (SSSR count). The topological polar surface area (TPSA) is 47.9 Å². The number of rotatable bonds is 6. The van der Waals surface area contributed by atoms with Gasteiger partial charge < -0.3 is 19.3 Å². The molecule has 4 heteroatoms. The zero-order valence-corrected chi connectivity index (χ0v) is 8.11. The molecule has 0 radical (unpaired) electrons. The van der Waals surface area contributed by atoms with Crippen LogP contribution in [0.1, 0.15) is 20.3 Å². The molecule has 0 heterocycles. The van der Waals surface area contributed by atoms with Crippen molar-refractivity contribution < 1.29 is 19.3 Å². The standard InChI is InChI=1S/C8H18O4/c1-5-6(2)12-7(9)8(10-3)11-4/h6-9H,5H2,1-4H3. The summed E-state index contributed by atoms with van der Waals surface area (Å²) in [5, 5.41) is 9.34. The van der Waals surface area contributed by atoms with Gasteiger partial charge in [0.15, 0.2) is 0 Å². The first-order chi connectivity index (χ1) is 5.65. The van der Waals surface area contributed by atoms with E-state index in [1.807, 2.05) is 13.8 Å². The summed E-state index contributed by atoms with van der Waals surface area (Å²) in [6, 6.07) is 0. The molecule has 0 saturated carbocycles. The van der Waals surface area contributed by atoms with Gasteiger partial charge in [0.1, 0.15) is 0 Å². The fourth-order valence-corrected chi connectivity index (χ4v) is 0.727. The minimum Gasteiger partial charge on any atom is -0.364 e. The average molecular weight is 178 g/mol. The van der Waals surface area contributed by atoms with Gasteiger partial charge in [0.2, 0.25) is 12.6 Å². The van der Waals surface area contributed by atoms with E-state index in [0.717, 1.165) is 6.42 Å². The summed E-state index contributed by atoms with van der Waals surface area (Å²) in [6.45, 7) is 3.86. The normalized spacial score (nSPS) is 16.5. The second-order valence-corrected chi connectivity index (χ2v) is 2.59. The van der Waals surface area contributed by atoms with Crippen LogP contribution in [0.5, 0.6) is 0 Å². The predicted octanol–water partition coefficient (Wildman–Crippen LogP) is 0.739. The molecule has 0 saturated heterocycles. The lowest BCUT2D eigenvalue weighted by Crippen LogP contribution is -2.34. The molecule has 0 fully saturated rings. The maximum absolute atomic E-state index is 9.34. The van der Waals surface area contributed by atoms with E-state index in [1.54, 1.807) is 0 Å². The summed E-state index contributed by atoms with van der Waals surface area (Å²) in [7, 11) is 2.91. The Labute approximate surface area is 73.4 Å². The lowest BCUT2D eigenvalue weighted by molar-refractivity contribution is -0.264. The van der Waals surface area contributed by atoms with Gasteiger partial charge in [-0.05, 0) is 13.3 Å². The maximum Gasteiger partial charge on any atom is 0.208 e. The molecule has 1 N–H and O–H groups in total. The van der Waals surface area contributed by atoms with Crippen molar-refractivity contribution >= 4 is 0 Å². The van der Waals surface area contributed by atoms with Gasteiger partial charge in [-0.3, -0.25) is 0 Å². The van der Waals surface area contributed by atoms with Gasteiger partial charge in [-0.2, -0.15) is 0 Å². The molecule has 0 aliphatic rings. The van der Waals surface area contributed by atoms with Crippen LogP contribution >= 0.6 is 0 Å². The molecule has 0 bridgehead atoms. The summed E-state index contributed by atoms with van der Waals surface area (Å²) in [5.41, 5.74) is 0. The van der Waals surface area contributed by atoms with Gasteiger partial charge >= 0.3 is 0 Å². The molecule has 12 heavy (non-hydrogen) atoms. The van der Waals surface area contributed by atoms with Crippen molar-refractivity contribution in [2.24, 2.45) is 0 Å². The Kier molecular flexibility index (Phi) is 6.28. The number of hydrogen-bond donors (Lipinski definition) is 1. The van der Waals surface area contributed by atoms with Crippen LogP contribution in [0.25, 0.3) is 0 Å². The Hall–Kier alpha value is -0.160. The number of ether oxygens (including phenoxy) is 3. The maximum atomic E-state index is 9.34. The summed E-state index contributed by atoms with van der Waals surface area (Å²) >= 11 is 0. The molecule has 0 aliphatic carbocycles. The fourth-order valence-electron chi connectivity index (χ4n) is 0.727. The quantitative estimate of drug-likeness (QED) is 0.609. The Morgan fingerprint density at radius 3 is 2.08 bits per heavy atom. The van der Waals surface area contributed by atoms with E-state index >= 15 is 0 Å². The van der Waals surface area contributed by atoms with E-state index in [0.29, 0.717) is 0 Å². The largest absolute Gasteiger partial charge is 0.364 e. The molecule has 0 spiro atoms. The third-order valence-electron chi connectivity index (χ3n) is 1.64. The third-order valence-corrected chi connectivity index (χ3v) is 1.64. The van der Waals surface area contributed by atoms with Crippen molar-refractivity contribution in [3.63, 3.8) is 0 Å². The molecular weight excluding hydrogens is 160 g/mol. The first-order valence-corrected chi connectivity index (χ1v) is 4.04. The molecular formula is C8H18O4. The zero-order valence-electron chi connectivity index (χ0n) is 8.11. The van der Waals surface area contributed by atoms with Crippen LogP contribution < -0.4 is 0 Å². The van der Waals surface area contributed by atoms with Crippen LogP contribution in [0, 0.1) is 0 Å². The lowest BCUT2D eigenvalue weighted by Gasteiger charge is -2.22. The SMILES string of the molecule is CCC(C)OC(O)C(OC)OC. The van der Waals surface area contributed by atoms with Crippen molar-refractivity contribution in [3.8, 4) is 0 Å². The van der Waals surface area contributed by atoms with Gasteiger partial charge in [-0.25, -0.2) is 0 Å². The van der Waals surface area contributed by atoms with Gasteiger partial charge in [-0.1, -0.05) is 6.92 Å². The van der Waals surface area contributed by atoms with Crippen molar-refractivity contribution in [2.75, 3.05) is 14.2 Å². The van der Waals surface area contributed by atoms with Gasteiger partial charge in [0.05, 0.1) is 6.10 Å². The molecule has 0 amide bonds. The Balaban J connectivity index is 3.75. The second-order valence-electron chi connectivity index (χ2n) is 2.59. The van der Waals surface area contributed by atoms with E-state index < -0.39 is 12.6 Å². The van der Waals surface area contributed by atoms with Crippen LogP contribution in [0.15, 0.2) is 0 Å². The van der Waals surface area contributed by atoms with Crippen molar-refractivity contribution in [3.05, 3.63) is 0 Å².